The number of amides is 3. The predicted molar refractivity (Wildman–Crippen MR) is 188 cm³/mol. The van der Waals surface area contributed by atoms with Crippen LogP contribution in [0.5, 0.6) is 0 Å². The van der Waals surface area contributed by atoms with Crippen molar-refractivity contribution >= 4 is 34.8 Å². The molecule has 0 heterocycles. The van der Waals surface area contributed by atoms with Crippen molar-refractivity contribution in [2.24, 2.45) is 69.5 Å². The summed E-state index contributed by atoms with van der Waals surface area (Å²) in [5.41, 5.74) is 4.42. The van der Waals surface area contributed by atoms with E-state index in [1.54, 1.807) is 0 Å². The molecule has 6 heteroatoms. The highest BCUT2D eigenvalue weighted by atomic mass is 16.2. The van der Waals surface area contributed by atoms with Crippen molar-refractivity contribution in [3.8, 4) is 0 Å². The lowest BCUT2D eigenvalue weighted by atomic mass is 9.49. The molecule has 3 amide bonds. The van der Waals surface area contributed by atoms with E-state index in [2.05, 4.69) is 36.7 Å². The van der Waals surface area contributed by atoms with E-state index in [0.29, 0.717) is 53.3 Å². The molecule has 1 aromatic rings. The van der Waals surface area contributed by atoms with Crippen LogP contribution in [0, 0.1) is 90.3 Å². The zero-order chi connectivity index (χ0) is 32.7. The third-order valence-electron chi connectivity index (χ3n) is 16.5. The van der Waals surface area contributed by atoms with Crippen molar-refractivity contribution in [3.63, 3.8) is 0 Å². The van der Waals surface area contributed by atoms with Gasteiger partial charge in [0.25, 0.3) is 0 Å². The molecule has 3 N–H and O–H groups in total. The molecule has 0 unspecified atom stereocenters. The van der Waals surface area contributed by atoms with Crippen molar-refractivity contribution in [1.29, 1.82) is 0 Å². The number of hydrogen-bond donors (Lipinski definition) is 3. The Kier molecular flexibility index (Phi) is 6.56. The van der Waals surface area contributed by atoms with Gasteiger partial charge in [0.1, 0.15) is 0 Å². The summed E-state index contributed by atoms with van der Waals surface area (Å²) in [6, 6.07) is 0. The minimum Gasteiger partial charge on any atom is -0.325 e. The molecule has 258 valence electrons. The third-order valence-corrected chi connectivity index (χ3v) is 16.5. The van der Waals surface area contributed by atoms with Crippen LogP contribution >= 0.6 is 0 Å². The molecule has 13 rings (SSSR count). The molecule has 12 saturated carbocycles. The van der Waals surface area contributed by atoms with Gasteiger partial charge in [0.15, 0.2) is 0 Å². The molecular formula is C42H57N3O3. The summed E-state index contributed by atoms with van der Waals surface area (Å²) >= 11 is 0. The Hall–Kier alpha value is -2.37. The van der Waals surface area contributed by atoms with Crippen molar-refractivity contribution < 1.29 is 14.4 Å². The summed E-state index contributed by atoms with van der Waals surface area (Å²) < 4.78 is 0. The molecule has 48 heavy (non-hydrogen) atoms. The first kappa shape index (κ1) is 30.5. The van der Waals surface area contributed by atoms with E-state index in [9.17, 15) is 14.4 Å². The molecule has 12 aliphatic carbocycles. The van der Waals surface area contributed by atoms with Gasteiger partial charge < -0.3 is 16.0 Å². The first-order valence-corrected chi connectivity index (χ1v) is 20.1. The van der Waals surface area contributed by atoms with E-state index in [0.717, 1.165) is 91.5 Å². The number of carbonyl (C=O) groups is 3. The van der Waals surface area contributed by atoms with Gasteiger partial charge in [-0.1, -0.05) is 0 Å². The Bertz CT molecular complexity index is 1290. The van der Waals surface area contributed by atoms with E-state index < -0.39 is 0 Å². The summed E-state index contributed by atoms with van der Waals surface area (Å²) in [7, 11) is 0. The Morgan fingerprint density at radius 1 is 0.375 bits per heavy atom. The van der Waals surface area contributed by atoms with Crippen molar-refractivity contribution in [2.45, 2.75) is 136 Å². The van der Waals surface area contributed by atoms with Crippen LogP contribution in [0.1, 0.15) is 132 Å². The Morgan fingerprint density at radius 2 is 0.542 bits per heavy atom. The average molecular weight is 652 g/mol. The van der Waals surface area contributed by atoms with Crippen LogP contribution in [0.25, 0.3) is 0 Å². The number of benzene rings is 1. The maximum atomic E-state index is 14.5. The van der Waals surface area contributed by atoms with E-state index in [1.807, 2.05) is 0 Å². The van der Waals surface area contributed by atoms with Crippen LogP contribution in [0.4, 0.5) is 17.1 Å². The van der Waals surface area contributed by atoms with Gasteiger partial charge in [0, 0.05) is 0 Å². The topological polar surface area (TPSA) is 87.3 Å². The zero-order valence-corrected chi connectivity index (χ0v) is 29.6. The van der Waals surface area contributed by atoms with Crippen molar-refractivity contribution in [3.05, 3.63) is 16.7 Å². The molecule has 6 nitrogen and oxygen atoms in total. The van der Waals surface area contributed by atoms with E-state index in [4.69, 9.17) is 0 Å². The lowest BCUT2D eigenvalue weighted by molar-refractivity contribution is -0.140. The second-order valence-electron chi connectivity index (χ2n) is 20.0. The first-order chi connectivity index (χ1) is 23.0. The second-order valence-corrected chi connectivity index (χ2v) is 20.0. The molecule has 0 aromatic heterocycles. The Labute approximate surface area is 287 Å². The van der Waals surface area contributed by atoms with Gasteiger partial charge >= 0.3 is 0 Å². The second kappa shape index (κ2) is 10.3. The fraction of sp³-hybridized carbons (Fsp3) is 0.786. The van der Waals surface area contributed by atoms with Gasteiger partial charge in [-0.25, -0.2) is 0 Å². The molecule has 12 fully saturated rings. The Morgan fingerprint density at radius 3 is 0.708 bits per heavy atom. The monoisotopic (exact) mass is 651 g/mol. The summed E-state index contributed by atoms with van der Waals surface area (Å²) in [4.78, 5) is 43.5. The Balaban J connectivity index is 1.01. The molecule has 0 aliphatic heterocycles. The molecular weight excluding hydrogens is 594 g/mol. The van der Waals surface area contributed by atoms with Gasteiger partial charge in [-0.3, -0.25) is 14.4 Å². The SMILES string of the molecule is Cc1c(NC(=O)C23CC4CC(CC(C4)C2)C3)c(C)c(NC(=O)C23CC4CC(CC(C4)C2)C3)c(C)c1NC(=O)C12CC3CC(CC(C3)C1)C2. The van der Waals surface area contributed by atoms with E-state index >= 15 is 0 Å². The maximum absolute atomic E-state index is 14.5. The van der Waals surface area contributed by atoms with Gasteiger partial charge in [-0.15, -0.1) is 0 Å². The fourth-order valence-electron chi connectivity index (χ4n) is 15.7. The molecule has 0 radical (unpaired) electrons. The van der Waals surface area contributed by atoms with Crippen LogP contribution in [-0.2, 0) is 14.4 Å². The smallest absolute Gasteiger partial charge is 0.230 e. The quantitative estimate of drug-likeness (QED) is 0.287. The molecule has 1 aromatic carbocycles. The number of hydrogen-bond acceptors (Lipinski definition) is 3. The van der Waals surface area contributed by atoms with Gasteiger partial charge in [0.05, 0.1) is 33.3 Å². The van der Waals surface area contributed by atoms with Gasteiger partial charge in [-0.05, 0) is 206 Å². The normalized spacial score (nSPS) is 45.4. The first-order valence-electron chi connectivity index (χ1n) is 20.1. The van der Waals surface area contributed by atoms with Gasteiger partial charge in [-0.2, -0.15) is 0 Å². The predicted octanol–water partition coefficient (Wildman–Crippen LogP) is 9.08. The number of carbonyl (C=O) groups excluding carboxylic acids is 3. The lowest BCUT2D eigenvalue weighted by Crippen LogP contribution is -2.52. The minimum atomic E-state index is -0.274. The largest absolute Gasteiger partial charge is 0.325 e. The van der Waals surface area contributed by atoms with E-state index in [-0.39, 0.29) is 34.0 Å². The molecule has 12 aliphatic rings. The van der Waals surface area contributed by atoms with Crippen LogP contribution in [0.3, 0.4) is 0 Å². The van der Waals surface area contributed by atoms with Crippen LogP contribution in [0.2, 0.25) is 0 Å². The molecule has 0 saturated heterocycles. The standard InChI is InChI=1S/C42H57N3O3/c1-22-34(43-37(46)40-13-25-4-26(14-40)6-27(5-25)15-40)23(2)36(45-39(48)42-19-31-10-32(20-42)12-33(11-31)21-42)24(3)35(22)44-38(47)41-16-28-7-29(17-41)9-30(8-28)18-41/h25-33H,4-21H2,1-3H3,(H,43,46)(H,44,47)(H,45,48). The lowest BCUT2D eigenvalue weighted by Gasteiger charge is -2.56. The molecule has 0 atom stereocenters. The number of rotatable bonds is 6. The molecule has 12 bridgehead atoms. The maximum Gasteiger partial charge on any atom is 0.230 e. The number of anilines is 3. The highest BCUT2D eigenvalue weighted by Gasteiger charge is 2.57. The zero-order valence-electron chi connectivity index (χ0n) is 29.6. The third kappa shape index (κ3) is 4.51. The summed E-state index contributed by atoms with van der Waals surface area (Å²) in [6.07, 6.45) is 20.8. The molecule has 0 spiro atoms. The fourth-order valence-corrected chi connectivity index (χ4v) is 15.7. The highest BCUT2D eigenvalue weighted by Crippen LogP contribution is 2.63. The highest BCUT2D eigenvalue weighted by molar-refractivity contribution is 6.05. The van der Waals surface area contributed by atoms with E-state index in [1.165, 1.54) is 57.8 Å². The van der Waals surface area contributed by atoms with Crippen LogP contribution < -0.4 is 16.0 Å². The number of nitrogens with one attached hydrogen (secondary N) is 3. The van der Waals surface area contributed by atoms with Crippen molar-refractivity contribution in [1.82, 2.24) is 0 Å². The average Bonchev–Trinajstić information content (AvgIpc) is 3.01. The summed E-state index contributed by atoms with van der Waals surface area (Å²) in [5.74, 6) is 6.71. The van der Waals surface area contributed by atoms with Crippen LogP contribution in [-0.4, -0.2) is 17.7 Å². The summed E-state index contributed by atoms with van der Waals surface area (Å²) in [5, 5.41) is 10.6. The van der Waals surface area contributed by atoms with Gasteiger partial charge in [0.2, 0.25) is 17.7 Å². The minimum absolute atomic E-state index is 0.174. The summed E-state index contributed by atoms with van der Waals surface area (Å²) in [6.45, 7) is 6.24. The van der Waals surface area contributed by atoms with Crippen LogP contribution in [0.15, 0.2) is 0 Å². The van der Waals surface area contributed by atoms with Crippen molar-refractivity contribution in [2.75, 3.05) is 16.0 Å².